The third-order valence-electron chi connectivity index (χ3n) is 1.63. The first-order valence-corrected chi connectivity index (χ1v) is 3.58. The van der Waals surface area contributed by atoms with Crippen LogP contribution in [0.3, 0.4) is 0 Å². The first kappa shape index (κ1) is 7.20. The molecule has 3 heteroatoms. The Morgan fingerprint density at radius 3 is 2.60 bits per heavy atom. The fraction of sp³-hybridized carbons (Fsp3) is 0.857. The Morgan fingerprint density at radius 1 is 1.40 bits per heavy atom. The van der Waals surface area contributed by atoms with E-state index in [4.69, 9.17) is 5.26 Å². The summed E-state index contributed by atoms with van der Waals surface area (Å²) in [6.45, 7) is 2.01. The molecule has 0 unspecified atom stereocenters. The highest BCUT2D eigenvalue weighted by Gasteiger charge is 2.32. The second kappa shape index (κ2) is 2.78. The summed E-state index contributed by atoms with van der Waals surface area (Å²) >= 11 is 0. The van der Waals surface area contributed by atoms with Gasteiger partial charge in [0, 0.05) is 6.42 Å². The quantitative estimate of drug-likeness (QED) is 0.548. The molecule has 1 rings (SSSR count). The molecule has 0 saturated heterocycles. The summed E-state index contributed by atoms with van der Waals surface area (Å²) in [5, 5.41) is 16.0. The minimum absolute atomic E-state index is 0.0601. The number of unbranched alkanes of at least 4 members (excludes halogenated alkanes) is 2. The van der Waals surface area contributed by atoms with Crippen LogP contribution in [0.1, 0.15) is 32.6 Å². The Hall–Kier alpha value is -0.910. The van der Waals surface area contributed by atoms with Gasteiger partial charge in [0.05, 0.1) is 6.07 Å². The van der Waals surface area contributed by atoms with Crippen LogP contribution in [0.5, 0.6) is 0 Å². The highest BCUT2D eigenvalue weighted by atomic mass is 15.4. The standard InChI is InChI=1S/C7H11N3/c1-7(9-10-7)5-3-2-4-6-8/h2-5H2,1H3. The van der Waals surface area contributed by atoms with E-state index in [9.17, 15) is 0 Å². The molecule has 3 nitrogen and oxygen atoms in total. The Balaban J connectivity index is 1.92. The van der Waals surface area contributed by atoms with Gasteiger partial charge >= 0.3 is 0 Å². The van der Waals surface area contributed by atoms with Gasteiger partial charge in [-0.3, -0.25) is 0 Å². The molecule has 1 aliphatic heterocycles. The van der Waals surface area contributed by atoms with E-state index in [1.807, 2.05) is 6.92 Å². The molecule has 0 N–H and O–H groups in total. The predicted octanol–water partition coefficient (Wildman–Crippen LogP) is 2.25. The van der Waals surface area contributed by atoms with Crippen LogP contribution in [0.4, 0.5) is 0 Å². The van der Waals surface area contributed by atoms with Gasteiger partial charge in [0.1, 0.15) is 0 Å². The Morgan fingerprint density at radius 2 is 2.10 bits per heavy atom. The normalized spacial score (nSPS) is 18.4. The molecule has 0 aromatic rings. The van der Waals surface area contributed by atoms with E-state index in [-0.39, 0.29) is 5.66 Å². The van der Waals surface area contributed by atoms with E-state index >= 15 is 0 Å². The summed E-state index contributed by atoms with van der Waals surface area (Å²) in [4.78, 5) is 0. The fourth-order valence-electron chi connectivity index (χ4n) is 0.849. The lowest BCUT2D eigenvalue weighted by molar-refractivity contribution is 0.553. The zero-order valence-electron chi connectivity index (χ0n) is 6.17. The molecular formula is C7H11N3. The minimum Gasteiger partial charge on any atom is -0.198 e. The van der Waals surface area contributed by atoms with E-state index in [2.05, 4.69) is 16.3 Å². The van der Waals surface area contributed by atoms with Gasteiger partial charge in [0.25, 0.3) is 0 Å². The van der Waals surface area contributed by atoms with Gasteiger partial charge < -0.3 is 0 Å². The van der Waals surface area contributed by atoms with E-state index < -0.39 is 0 Å². The maximum Gasteiger partial charge on any atom is 0.188 e. The van der Waals surface area contributed by atoms with E-state index in [1.54, 1.807) is 0 Å². The number of nitrogens with zero attached hydrogens (tertiary/aromatic N) is 3. The molecule has 0 aliphatic carbocycles. The first-order chi connectivity index (χ1) is 4.77. The van der Waals surface area contributed by atoms with Crippen molar-refractivity contribution in [2.24, 2.45) is 10.2 Å². The van der Waals surface area contributed by atoms with E-state index in [1.165, 1.54) is 0 Å². The van der Waals surface area contributed by atoms with Gasteiger partial charge in [-0.05, 0) is 26.2 Å². The number of hydrogen-bond donors (Lipinski definition) is 0. The molecule has 0 bridgehead atoms. The molecule has 1 heterocycles. The fourth-order valence-corrected chi connectivity index (χ4v) is 0.849. The van der Waals surface area contributed by atoms with Crippen molar-refractivity contribution in [1.82, 2.24) is 0 Å². The molecule has 0 saturated carbocycles. The van der Waals surface area contributed by atoms with Crippen LogP contribution in [-0.2, 0) is 0 Å². The van der Waals surface area contributed by atoms with Gasteiger partial charge in [-0.2, -0.15) is 15.5 Å². The molecule has 0 radical (unpaired) electrons. The summed E-state index contributed by atoms with van der Waals surface area (Å²) < 4.78 is 0. The number of nitriles is 1. The number of hydrogen-bond acceptors (Lipinski definition) is 3. The third-order valence-corrected chi connectivity index (χ3v) is 1.63. The van der Waals surface area contributed by atoms with E-state index in [0.29, 0.717) is 6.42 Å². The SMILES string of the molecule is CC1(CCCCC#N)N=N1. The monoisotopic (exact) mass is 137 g/mol. The summed E-state index contributed by atoms with van der Waals surface area (Å²) in [6, 6.07) is 2.11. The Kier molecular flexibility index (Phi) is 2.00. The van der Waals surface area contributed by atoms with Crippen LogP contribution in [0.25, 0.3) is 0 Å². The molecule has 0 aromatic heterocycles. The van der Waals surface area contributed by atoms with Crippen molar-refractivity contribution in [1.29, 1.82) is 5.26 Å². The first-order valence-electron chi connectivity index (χ1n) is 3.58. The van der Waals surface area contributed by atoms with Crippen molar-refractivity contribution in [3.63, 3.8) is 0 Å². The van der Waals surface area contributed by atoms with Crippen LogP contribution < -0.4 is 0 Å². The average molecular weight is 137 g/mol. The lowest BCUT2D eigenvalue weighted by Crippen LogP contribution is -2.02. The van der Waals surface area contributed by atoms with Crippen molar-refractivity contribution in [2.75, 3.05) is 0 Å². The summed E-state index contributed by atoms with van der Waals surface area (Å²) in [5.74, 6) is 0. The van der Waals surface area contributed by atoms with Gasteiger partial charge in [-0.15, -0.1) is 0 Å². The highest BCUT2D eigenvalue weighted by Crippen LogP contribution is 2.32. The molecule has 0 fully saturated rings. The van der Waals surface area contributed by atoms with Crippen LogP contribution in [-0.4, -0.2) is 5.66 Å². The molecule has 1 aliphatic rings. The summed E-state index contributed by atoms with van der Waals surface area (Å²) in [6.07, 6.45) is 3.72. The van der Waals surface area contributed by atoms with Crippen molar-refractivity contribution in [3.05, 3.63) is 0 Å². The van der Waals surface area contributed by atoms with Crippen molar-refractivity contribution in [3.8, 4) is 6.07 Å². The summed E-state index contributed by atoms with van der Waals surface area (Å²) in [5.41, 5.74) is -0.0601. The van der Waals surface area contributed by atoms with Crippen LogP contribution in [0.15, 0.2) is 10.2 Å². The zero-order chi connectivity index (χ0) is 7.45. The maximum absolute atomic E-state index is 8.21. The van der Waals surface area contributed by atoms with Crippen LogP contribution in [0.2, 0.25) is 0 Å². The summed E-state index contributed by atoms with van der Waals surface area (Å²) in [7, 11) is 0. The highest BCUT2D eigenvalue weighted by molar-refractivity contribution is 4.87. The topological polar surface area (TPSA) is 48.5 Å². The molecular weight excluding hydrogens is 126 g/mol. The predicted molar refractivity (Wildman–Crippen MR) is 37.3 cm³/mol. The molecule has 0 spiro atoms. The lowest BCUT2D eigenvalue weighted by atomic mass is 10.1. The van der Waals surface area contributed by atoms with Gasteiger partial charge in [-0.25, -0.2) is 0 Å². The van der Waals surface area contributed by atoms with Crippen LogP contribution >= 0.6 is 0 Å². The van der Waals surface area contributed by atoms with Crippen molar-refractivity contribution >= 4 is 0 Å². The second-order valence-electron chi connectivity index (χ2n) is 2.78. The Bertz CT molecular complexity index is 172. The van der Waals surface area contributed by atoms with Crippen LogP contribution in [0, 0.1) is 11.3 Å². The van der Waals surface area contributed by atoms with Gasteiger partial charge in [0.2, 0.25) is 0 Å². The molecule has 0 aromatic carbocycles. The van der Waals surface area contributed by atoms with Gasteiger partial charge in [0.15, 0.2) is 5.66 Å². The largest absolute Gasteiger partial charge is 0.198 e. The number of rotatable bonds is 4. The average Bonchev–Trinajstić information content (AvgIpc) is 2.62. The lowest BCUT2D eigenvalue weighted by Gasteiger charge is -1.99. The molecule has 0 amide bonds. The molecule has 0 atom stereocenters. The molecule has 10 heavy (non-hydrogen) atoms. The smallest absolute Gasteiger partial charge is 0.188 e. The van der Waals surface area contributed by atoms with Crippen molar-refractivity contribution in [2.45, 2.75) is 38.3 Å². The maximum atomic E-state index is 8.21. The zero-order valence-corrected chi connectivity index (χ0v) is 6.17. The van der Waals surface area contributed by atoms with Gasteiger partial charge in [-0.1, -0.05) is 0 Å². The van der Waals surface area contributed by atoms with E-state index in [0.717, 1.165) is 19.3 Å². The third kappa shape index (κ3) is 2.14. The Labute approximate surface area is 60.8 Å². The minimum atomic E-state index is -0.0601. The van der Waals surface area contributed by atoms with Crippen molar-refractivity contribution < 1.29 is 0 Å². The second-order valence-corrected chi connectivity index (χ2v) is 2.78. The molecule has 54 valence electrons.